The number of carbonyl (C=O) groups is 2. The lowest BCUT2D eigenvalue weighted by atomic mass is 10.0. The van der Waals surface area contributed by atoms with Crippen LogP contribution in [0.2, 0.25) is 0 Å². The number of benzene rings is 2. The fourth-order valence-electron chi connectivity index (χ4n) is 3.22. The summed E-state index contributed by atoms with van der Waals surface area (Å²) in [4.78, 5) is 27.4. The van der Waals surface area contributed by atoms with Crippen LogP contribution in [0.4, 0.5) is 0 Å². The van der Waals surface area contributed by atoms with E-state index >= 15 is 0 Å². The van der Waals surface area contributed by atoms with Gasteiger partial charge >= 0.3 is 5.97 Å². The van der Waals surface area contributed by atoms with Crippen LogP contribution in [-0.2, 0) is 20.7 Å². The molecule has 0 bridgehead atoms. The Balaban J connectivity index is 1.48. The average Bonchev–Trinajstić information content (AvgIpc) is 3.19. The van der Waals surface area contributed by atoms with Crippen LogP contribution >= 0.6 is 0 Å². The third-order valence-electron chi connectivity index (χ3n) is 4.98. The number of nitrogens with zero attached hydrogens (tertiary/aromatic N) is 1. The molecule has 3 rings (SSSR count). The summed E-state index contributed by atoms with van der Waals surface area (Å²) in [5, 5.41) is 13.1. The van der Waals surface area contributed by atoms with Gasteiger partial charge in [0.1, 0.15) is 11.6 Å². The minimum Gasteiger partial charge on any atom is -0.451 e. The van der Waals surface area contributed by atoms with Crippen LogP contribution in [0.25, 0.3) is 17.0 Å². The Hall–Kier alpha value is -3.85. The zero-order valence-electron chi connectivity index (χ0n) is 17.6. The highest BCUT2D eigenvalue weighted by atomic mass is 16.5. The molecule has 1 amide bonds. The highest BCUT2D eigenvalue weighted by molar-refractivity contribution is 5.98. The Labute approximate surface area is 181 Å². The molecule has 3 aromatic rings. The summed E-state index contributed by atoms with van der Waals surface area (Å²) in [6.45, 7) is 4.17. The van der Waals surface area contributed by atoms with Crippen molar-refractivity contribution in [1.29, 1.82) is 5.26 Å². The van der Waals surface area contributed by atoms with Gasteiger partial charge in [-0.15, -0.1) is 0 Å². The Morgan fingerprint density at radius 2 is 1.90 bits per heavy atom. The van der Waals surface area contributed by atoms with Crippen molar-refractivity contribution in [2.75, 3.05) is 13.2 Å². The molecule has 0 atom stereocenters. The zero-order valence-corrected chi connectivity index (χ0v) is 17.6. The zero-order chi connectivity index (χ0) is 22.2. The lowest BCUT2D eigenvalue weighted by Gasteiger charge is -2.07. The van der Waals surface area contributed by atoms with Crippen molar-refractivity contribution < 1.29 is 14.3 Å². The number of para-hydroxylation sites is 1. The quantitative estimate of drug-likeness (QED) is 0.329. The maximum absolute atomic E-state index is 12.2. The number of rotatable bonds is 8. The van der Waals surface area contributed by atoms with Crippen molar-refractivity contribution in [3.63, 3.8) is 0 Å². The highest BCUT2D eigenvalue weighted by Gasteiger charge is 2.13. The van der Waals surface area contributed by atoms with E-state index in [-0.39, 0.29) is 5.57 Å². The fraction of sp³-hybridized carbons (Fsp3) is 0.240. The lowest BCUT2D eigenvalue weighted by molar-refractivity contribution is -0.144. The molecule has 0 saturated carbocycles. The SMILES string of the molecule is CC(C)c1ccc(/C=C(\C#N)C(=O)OCC(=O)NCCc2c[nH]c3ccccc23)cc1. The number of ether oxygens (including phenoxy) is 1. The summed E-state index contributed by atoms with van der Waals surface area (Å²) in [7, 11) is 0. The summed E-state index contributed by atoms with van der Waals surface area (Å²) >= 11 is 0. The predicted molar refractivity (Wildman–Crippen MR) is 120 cm³/mol. The minimum atomic E-state index is -0.817. The van der Waals surface area contributed by atoms with E-state index in [1.54, 1.807) is 0 Å². The number of hydrogen-bond donors (Lipinski definition) is 2. The van der Waals surface area contributed by atoms with Crippen LogP contribution in [0.15, 0.2) is 60.3 Å². The minimum absolute atomic E-state index is 0.149. The molecule has 6 nitrogen and oxygen atoms in total. The molecule has 0 spiro atoms. The maximum Gasteiger partial charge on any atom is 0.349 e. The van der Waals surface area contributed by atoms with Gasteiger partial charge in [-0.3, -0.25) is 4.79 Å². The number of nitrogens with one attached hydrogen (secondary N) is 2. The summed E-state index contributed by atoms with van der Waals surface area (Å²) in [6.07, 6.45) is 4.04. The first-order chi connectivity index (χ1) is 15.0. The number of esters is 1. The van der Waals surface area contributed by atoms with Gasteiger partial charge in [-0.2, -0.15) is 5.26 Å². The van der Waals surface area contributed by atoms with Gasteiger partial charge in [0.25, 0.3) is 5.91 Å². The molecule has 6 heteroatoms. The number of aromatic nitrogens is 1. The van der Waals surface area contributed by atoms with Crippen molar-refractivity contribution in [3.8, 4) is 6.07 Å². The van der Waals surface area contributed by atoms with Gasteiger partial charge in [0.2, 0.25) is 0 Å². The smallest absolute Gasteiger partial charge is 0.349 e. The van der Waals surface area contributed by atoms with Crippen LogP contribution in [-0.4, -0.2) is 30.0 Å². The molecule has 31 heavy (non-hydrogen) atoms. The molecule has 0 saturated heterocycles. The summed E-state index contributed by atoms with van der Waals surface area (Å²) in [6, 6.07) is 17.4. The van der Waals surface area contributed by atoms with Crippen LogP contribution in [0.1, 0.15) is 36.5 Å². The molecule has 0 unspecified atom stereocenters. The molecule has 1 aromatic heterocycles. The number of H-pyrrole nitrogens is 1. The number of aromatic amines is 1. The molecule has 2 N–H and O–H groups in total. The van der Waals surface area contributed by atoms with E-state index in [9.17, 15) is 14.9 Å². The normalized spacial score (nSPS) is 11.4. The van der Waals surface area contributed by atoms with Gasteiger partial charge in [0.15, 0.2) is 6.61 Å². The van der Waals surface area contributed by atoms with Crippen LogP contribution in [0.5, 0.6) is 0 Å². The van der Waals surface area contributed by atoms with E-state index in [1.165, 1.54) is 11.6 Å². The van der Waals surface area contributed by atoms with Gasteiger partial charge in [-0.05, 0) is 41.2 Å². The van der Waals surface area contributed by atoms with Crippen LogP contribution < -0.4 is 5.32 Å². The van der Waals surface area contributed by atoms with E-state index < -0.39 is 18.5 Å². The second-order valence-corrected chi connectivity index (χ2v) is 7.53. The number of hydrogen-bond acceptors (Lipinski definition) is 4. The van der Waals surface area contributed by atoms with E-state index in [2.05, 4.69) is 24.1 Å². The predicted octanol–water partition coefficient (Wildman–Crippen LogP) is 4.10. The van der Waals surface area contributed by atoms with Gasteiger partial charge in [-0.1, -0.05) is 56.3 Å². The topological polar surface area (TPSA) is 95.0 Å². The monoisotopic (exact) mass is 415 g/mol. The maximum atomic E-state index is 12.2. The molecular weight excluding hydrogens is 390 g/mol. The molecule has 0 radical (unpaired) electrons. The summed E-state index contributed by atoms with van der Waals surface area (Å²) in [5.41, 5.74) is 3.89. The number of nitriles is 1. The molecule has 2 aromatic carbocycles. The lowest BCUT2D eigenvalue weighted by Crippen LogP contribution is -2.30. The summed E-state index contributed by atoms with van der Waals surface area (Å²) in [5.74, 6) is -0.832. The highest BCUT2D eigenvalue weighted by Crippen LogP contribution is 2.18. The van der Waals surface area contributed by atoms with E-state index in [4.69, 9.17) is 4.74 Å². The second-order valence-electron chi connectivity index (χ2n) is 7.53. The van der Waals surface area contributed by atoms with Crippen molar-refractivity contribution in [1.82, 2.24) is 10.3 Å². The van der Waals surface area contributed by atoms with E-state index in [0.29, 0.717) is 18.9 Å². The third kappa shape index (κ3) is 5.83. The van der Waals surface area contributed by atoms with E-state index in [0.717, 1.165) is 22.0 Å². The van der Waals surface area contributed by atoms with E-state index in [1.807, 2.05) is 60.8 Å². The Morgan fingerprint density at radius 1 is 1.16 bits per heavy atom. The number of carbonyl (C=O) groups excluding carboxylic acids is 2. The molecule has 0 aliphatic heterocycles. The first kappa shape index (κ1) is 21.8. The first-order valence-electron chi connectivity index (χ1n) is 10.2. The number of fused-ring (bicyclic) bond motifs is 1. The van der Waals surface area contributed by atoms with Crippen LogP contribution in [0, 0.1) is 11.3 Å². The first-order valence-corrected chi connectivity index (χ1v) is 10.2. The van der Waals surface area contributed by atoms with Gasteiger partial charge < -0.3 is 15.0 Å². The average molecular weight is 415 g/mol. The fourth-order valence-corrected chi connectivity index (χ4v) is 3.22. The van der Waals surface area contributed by atoms with Crippen molar-refractivity contribution in [2.45, 2.75) is 26.2 Å². The molecule has 0 aliphatic rings. The number of amides is 1. The molecular formula is C25H25N3O3. The van der Waals surface area contributed by atoms with Gasteiger partial charge in [0.05, 0.1) is 0 Å². The Kier molecular flexibility index (Phi) is 7.23. The van der Waals surface area contributed by atoms with Crippen molar-refractivity contribution in [3.05, 3.63) is 77.0 Å². The summed E-state index contributed by atoms with van der Waals surface area (Å²) < 4.78 is 5.00. The van der Waals surface area contributed by atoms with Gasteiger partial charge in [-0.25, -0.2) is 4.79 Å². The third-order valence-corrected chi connectivity index (χ3v) is 4.98. The van der Waals surface area contributed by atoms with Crippen LogP contribution in [0.3, 0.4) is 0 Å². The largest absolute Gasteiger partial charge is 0.451 e. The van der Waals surface area contributed by atoms with Crippen molar-refractivity contribution >= 4 is 28.9 Å². The molecule has 158 valence electrons. The Bertz CT molecular complexity index is 1130. The Morgan fingerprint density at radius 3 is 2.61 bits per heavy atom. The molecule has 0 aliphatic carbocycles. The van der Waals surface area contributed by atoms with Crippen molar-refractivity contribution in [2.24, 2.45) is 0 Å². The molecule has 0 fully saturated rings. The van der Waals surface area contributed by atoms with Gasteiger partial charge in [0, 0.05) is 23.6 Å². The molecule has 1 heterocycles. The standard InChI is InChI=1S/C25H25N3O3/c1-17(2)19-9-7-18(8-10-19)13-21(14-26)25(30)31-16-24(29)27-12-11-20-15-28-23-6-4-3-5-22(20)23/h3-10,13,15,17,28H,11-12,16H2,1-2H3,(H,27,29)/b21-13+. The second kappa shape index (κ2) is 10.3.